The number of aromatic nitrogens is 2. The third-order valence-electron chi connectivity index (χ3n) is 4.48. The standard InChI is InChI=1S/C19H14F3N3OS/c20-19(21,22)15-5-1-3-12(7-15)17(26)16-9-24-18(27-16)25-10-14(11-25)13-4-2-6-23-8-13/h1-9,14H,10-11H2. The lowest BCUT2D eigenvalue weighted by Gasteiger charge is -2.39. The molecule has 0 bridgehead atoms. The molecule has 1 aliphatic rings. The SMILES string of the molecule is O=C(c1cccc(C(F)(F)F)c1)c1cnc(N2CC(c3cccnc3)C2)s1. The number of carbonyl (C=O) groups is 1. The summed E-state index contributed by atoms with van der Waals surface area (Å²) in [6.07, 6.45) is 0.521. The molecule has 0 atom stereocenters. The number of ketones is 1. The van der Waals surface area contributed by atoms with E-state index in [9.17, 15) is 18.0 Å². The molecule has 3 aromatic rings. The van der Waals surface area contributed by atoms with Crippen molar-refractivity contribution < 1.29 is 18.0 Å². The van der Waals surface area contributed by atoms with E-state index in [1.807, 2.05) is 23.2 Å². The molecule has 4 rings (SSSR count). The topological polar surface area (TPSA) is 46.1 Å². The van der Waals surface area contributed by atoms with Gasteiger partial charge in [0.15, 0.2) is 5.13 Å². The van der Waals surface area contributed by atoms with Crippen LogP contribution in [-0.2, 0) is 6.18 Å². The van der Waals surface area contributed by atoms with Crippen molar-refractivity contribution in [3.63, 3.8) is 0 Å². The van der Waals surface area contributed by atoms with Crippen LogP contribution in [0.3, 0.4) is 0 Å². The number of nitrogens with zero attached hydrogens (tertiary/aromatic N) is 3. The largest absolute Gasteiger partial charge is 0.416 e. The number of rotatable bonds is 4. The molecule has 1 aromatic carbocycles. The summed E-state index contributed by atoms with van der Waals surface area (Å²) in [5, 5.41) is 0.700. The molecule has 2 aromatic heterocycles. The van der Waals surface area contributed by atoms with Crippen LogP contribution >= 0.6 is 11.3 Å². The van der Waals surface area contributed by atoms with Gasteiger partial charge in [0.1, 0.15) is 0 Å². The van der Waals surface area contributed by atoms with E-state index in [0.717, 1.165) is 30.8 Å². The van der Waals surface area contributed by atoms with E-state index in [1.54, 1.807) is 6.20 Å². The minimum atomic E-state index is -4.48. The predicted molar refractivity (Wildman–Crippen MR) is 96.2 cm³/mol. The molecule has 0 radical (unpaired) electrons. The second kappa shape index (κ2) is 6.77. The van der Waals surface area contributed by atoms with Crippen molar-refractivity contribution >= 4 is 22.3 Å². The maximum absolute atomic E-state index is 12.8. The Hall–Kier alpha value is -2.74. The lowest BCUT2D eigenvalue weighted by Crippen LogP contribution is -2.45. The van der Waals surface area contributed by atoms with Gasteiger partial charge in [0.25, 0.3) is 0 Å². The van der Waals surface area contributed by atoms with E-state index in [0.29, 0.717) is 15.9 Å². The fraction of sp³-hybridized carbons (Fsp3) is 0.211. The Labute approximate surface area is 157 Å². The first-order valence-corrected chi connectivity index (χ1v) is 9.06. The normalized spacial score (nSPS) is 14.9. The first kappa shape index (κ1) is 17.7. The number of carbonyl (C=O) groups excluding carboxylic acids is 1. The molecule has 0 aliphatic carbocycles. The molecule has 1 aliphatic heterocycles. The second-order valence-corrected chi connectivity index (χ2v) is 7.31. The fourth-order valence-electron chi connectivity index (χ4n) is 2.96. The van der Waals surface area contributed by atoms with Crippen molar-refractivity contribution in [2.24, 2.45) is 0 Å². The summed E-state index contributed by atoms with van der Waals surface area (Å²) >= 11 is 1.20. The molecular weight excluding hydrogens is 375 g/mol. The number of hydrogen-bond acceptors (Lipinski definition) is 5. The van der Waals surface area contributed by atoms with E-state index >= 15 is 0 Å². The van der Waals surface area contributed by atoms with Gasteiger partial charge in [-0.3, -0.25) is 9.78 Å². The Bertz CT molecular complexity index is 966. The van der Waals surface area contributed by atoms with Gasteiger partial charge in [0.2, 0.25) is 5.78 Å². The molecule has 0 amide bonds. The molecule has 0 unspecified atom stereocenters. The molecular formula is C19H14F3N3OS. The summed E-state index contributed by atoms with van der Waals surface area (Å²) < 4.78 is 38.5. The Morgan fingerprint density at radius 3 is 2.67 bits per heavy atom. The van der Waals surface area contributed by atoms with Gasteiger partial charge in [-0.25, -0.2) is 4.98 Å². The van der Waals surface area contributed by atoms with Crippen LogP contribution < -0.4 is 4.90 Å². The van der Waals surface area contributed by atoms with Crippen LogP contribution in [0.5, 0.6) is 0 Å². The monoisotopic (exact) mass is 389 g/mol. The number of benzene rings is 1. The summed E-state index contributed by atoms with van der Waals surface area (Å²) in [4.78, 5) is 23.3. The van der Waals surface area contributed by atoms with E-state index < -0.39 is 17.5 Å². The van der Waals surface area contributed by atoms with Crippen molar-refractivity contribution in [1.29, 1.82) is 0 Å². The van der Waals surface area contributed by atoms with E-state index in [1.165, 1.54) is 29.7 Å². The first-order valence-electron chi connectivity index (χ1n) is 8.24. The molecule has 1 fully saturated rings. The summed E-state index contributed by atoms with van der Waals surface area (Å²) in [7, 11) is 0. The minimum Gasteiger partial charge on any atom is -0.347 e. The summed E-state index contributed by atoms with van der Waals surface area (Å²) in [6, 6.07) is 8.38. The molecule has 1 saturated heterocycles. The number of halogens is 3. The van der Waals surface area contributed by atoms with Gasteiger partial charge in [-0.1, -0.05) is 29.5 Å². The molecule has 0 saturated carbocycles. The molecule has 27 heavy (non-hydrogen) atoms. The quantitative estimate of drug-likeness (QED) is 0.621. The average molecular weight is 389 g/mol. The van der Waals surface area contributed by atoms with Gasteiger partial charge in [-0.05, 0) is 23.8 Å². The first-order chi connectivity index (χ1) is 12.9. The van der Waals surface area contributed by atoms with Crippen LogP contribution in [0.4, 0.5) is 18.3 Å². The van der Waals surface area contributed by atoms with Gasteiger partial charge in [-0.2, -0.15) is 13.2 Å². The van der Waals surface area contributed by atoms with E-state index in [-0.39, 0.29) is 5.56 Å². The molecule has 138 valence electrons. The van der Waals surface area contributed by atoms with Crippen molar-refractivity contribution in [3.8, 4) is 0 Å². The summed E-state index contributed by atoms with van der Waals surface area (Å²) in [5.41, 5.74) is 0.336. The lowest BCUT2D eigenvalue weighted by molar-refractivity contribution is -0.137. The zero-order chi connectivity index (χ0) is 19.0. The number of alkyl halides is 3. The molecule has 0 N–H and O–H groups in total. The zero-order valence-electron chi connectivity index (χ0n) is 14.0. The number of thiazole rings is 1. The number of anilines is 1. The van der Waals surface area contributed by atoms with Crippen molar-refractivity contribution in [3.05, 3.63) is 76.6 Å². The third kappa shape index (κ3) is 3.57. The van der Waals surface area contributed by atoms with Crippen molar-refractivity contribution in [2.45, 2.75) is 12.1 Å². The summed E-state index contributed by atoms with van der Waals surface area (Å²) in [6.45, 7) is 1.55. The van der Waals surface area contributed by atoms with E-state index in [2.05, 4.69) is 9.97 Å². The number of pyridine rings is 1. The predicted octanol–water partition coefficient (Wildman–Crippen LogP) is 4.39. The highest BCUT2D eigenvalue weighted by Crippen LogP contribution is 2.35. The van der Waals surface area contributed by atoms with Gasteiger partial charge in [0, 0.05) is 37.0 Å². The second-order valence-electron chi connectivity index (χ2n) is 6.30. The van der Waals surface area contributed by atoms with Crippen LogP contribution in [0, 0.1) is 0 Å². The van der Waals surface area contributed by atoms with Crippen LogP contribution in [0.25, 0.3) is 0 Å². The van der Waals surface area contributed by atoms with Gasteiger partial charge in [0.05, 0.1) is 16.6 Å². The maximum Gasteiger partial charge on any atom is 0.416 e. The van der Waals surface area contributed by atoms with Crippen LogP contribution in [0.2, 0.25) is 0 Å². The molecule has 3 heterocycles. The minimum absolute atomic E-state index is 0.0110. The summed E-state index contributed by atoms with van der Waals surface area (Å²) in [5.74, 6) is -0.0839. The smallest absolute Gasteiger partial charge is 0.347 e. The molecule has 8 heteroatoms. The lowest BCUT2D eigenvalue weighted by atomic mass is 9.93. The average Bonchev–Trinajstić information content (AvgIpc) is 3.10. The molecule has 4 nitrogen and oxygen atoms in total. The zero-order valence-corrected chi connectivity index (χ0v) is 14.8. The van der Waals surface area contributed by atoms with Crippen LogP contribution in [0.1, 0.15) is 32.3 Å². The third-order valence-corrected chi connectivity index (χ3v) is 5.53. The number of hydrogen-bond donors (Lipinski definition) is 0. The highest BCUT2D eigenvalue weighted by Gasteiger charge is 2.32. The van der Waals surface area contributed by atoms with Crippen molar-refractivity contribution in [1.82, 2.24) is 9.97 Å². The Kier molecular flexibility index (Phi) is 4.43. The highest BCUT2D eigenvalue weighted by atomic mass is 32.1. The van der Waals surface area contributed by atoms with Crippen molar-refractivity contribution in [2.75, 3.05) is 18.0 Å². The van der Waals surface area contributed by atoms with Crippen LogP contribution in [-0.4, -0.2) is 28.8 Å². The van der Waals surface area contributed by atoms with Gasteiger partial charge < -0.3 is 4.90 Å². The Balaban J connectivity index is 1.47. The maximum atomic E-state index is 12.8. The van der Waals surface area contributed by atoms with Gasteiger partial charge in [-0.15, -0.1) is 0 Å². The Morgan fingerprint density at radius 2 is 1.96 bits per heavy atom. The Morgan fingerprint density at radius 1 is 1.15 bits per heavy atom. The molecule has 0 spiro atoms. The van der Waals surface area contributed by atoms with Gasteiger partial charge >= 0.3 is 6.18 Å². The fourth-order valence-corrected chi connectivity index (χ4v) is 3.85. The van der Waals surface area contributed by atoms with Crippen LogP contribution in [0.15, 0.2) is 55.0 Å². The van der Waals surface area contributed by atoms with E-state index in [4.69, 9.17) is 0 Å². The highest BCUT2D eigenvalue weighted by molar-refractivity contribution is 7.17.